The number of alkyl halides is 3. The summed E-state index contributed by atoms with van der Waals surface area (Å²) in [6, 6.07) is 14.4. The lowest BCUT2D eigenvalue weighted by molar-refractivity contribution is -0.155. The van der Waals surface area contributed by atoms with Crippen LogP contribution in [-0.2, 0) is 11.2 Å². The first-order valence-electron chi connectivity index (χ1n) is 12.3. The largest absolute Gasteiger partial charge is 0.481 e. The molecule has 0 aliphatic heterocycles. The van der Waals surface area contributed by atoms with Gasteiger partial charge < -0.3 is 10.4 Å². The topological polar surface area (TPSA) is 83.7 Å². The van der Waals surface area contributed by atoms with Crippen LogP contribution < -0.4 is 5.32 Å². The summed E-state index contributed by atoms with van der Waals surface area (Å²) in [5.41, 5.74) is 2.39. The number of aryl methyl sites for hydroxylation is 1. The van der Waals surface area contributed by atoms with Gasteiger partial charge in [-0.05, 0) is 78.9 Å². The zero-order chi connectivity index (χ0) is 28.9. The molecule has 4 rings (SSSR count). The van der Waals surface area contributed by atoms with Crippen LogP contribution in [-0.4, -0.2) is 28.1 Å². The first kappa shape index (κ1) is 28.2. The predicted octanol–water partition coefficient (Wildman–Crippen LogP) is 7.42. The van der Waals surface area contributed by atoms with Crippen LogP contribution in [0.2, 0.25) is 0 Å². The predicted molar refractivity (Wildman–Crippen MR) is 141 cm³/mol. The summed E-state index contributed by atoms with van der Waals surface area (Å²) in [5.74, 6) is -2.27. The molecule has 0 bridgehead atoms. The Morgan fingerprint density at radius 2 is 1.68 bits per heavy atom. The van der Waals surface area contributed by atoms with E-state index in [9.17, 15) is 27.2 Å². The molecule has 0 radical (unpaired) electrons. The standard InChI is InChI=1S/C30H23F4N3O3/c1-35-24-13-8-19(9-14-24)28(30(32,33)34)37-29(40)21-10-15-25-22(17-21)16-20(4-2-3-5-26(38)39)27(36-25)18-6-11-23(31)12-7-18/h6-17,28H,2-5H2,(H,37,40)(H,38,39)/t28-/m1/s1. The number of carboxylic acids is 1. The number of nitrogens with zero attached hydrogens (tertiary/aromatic N) is 2. The van der Waals surface area contributed by atoms with E-state index in [-0.39, 0.29) is 23.2 Å². The highest BCUT2D eigenvalue weighted by atomic mass is 19.4. The molecule has 1 amide bonds. The molecule has 6 nitrogen and oxygen atoms in total. The van der Waals surface area contributed by atoms with Crippen LogP contribution in [0.3, 0.4) is 0 Å². The van der Waals surface area contributed by atoms with E-state index < -0.39 is 29.9 Å². The van der Waals surface area contributed by atoms with E-state index in [4.69, 9.17) is 11.7 Å². The number of aromatic nitrogens is 1. The molecule has 204 valence electrons. The average Bonchev–Trinajstić information content (AvgIpc) is 2.93. The summed E-state index contributed by atoms with van der Waals surface area (Å²) in [5, 5.41) is 11.5. The maximum atomic E-state index is 13.9. The second kappa shape index (κ2) is 11.9. The molecule has 0 aliphatic carbocycles. The van der Waals surface area contributed by atoms with E-state index in [0.717, 1.165) is 17.7 Å². The van der Waals surface area contributed by atoms with Crippen LogP contribution in [0.15, 0.2) is 72.8 Å². The molecule has 0 aliphatic rings. The van der Waals surface area contributed by atoms with Gasteiger partial charge >= 0.3 is 12.1 Å². The monoisotopic (exact) mass is 549 g/mol. The van der Waals surface area contributed by atoms with Crippen molar-refractivity contribution in [2.75, 3.05) is 0 Å². The number of benzene rings is 3. The van der Waals surface area contributed by atoms with Gasteiger partial charge in [-0.25, -0.2) is 14.2 Å². The van der Waals surface area contributed by atoms with Crippen molar-refractivity contribution >= 4 is 28.5 Å². The molecule has 10 heteroatoms. The number of unbranched alkanes of at least 4 members (excludes halogenated alkanes) is 1. The van der Waals surface area contributed by atoms with Crippen molar-refractivity contribution in [1.82, 2.24) is 10.3 Å². The van der Waals surface area contributed by atoms with E-state index in [1.165, 1.54) is 42.5 Å². The Labute approximate surface area is 227 Å². The smallest absolute Gasteiger partial charge is 0.412 e. The van der Waals surface area contributed by atoms with Gasteiger partial charge in [-0.2, -0.15) is 13.2 Å². The number of carbonyl (C=O) groups excluding carboxylic acids is 1. The summed E-state index contributed by atoms with van der Waals surface area (Å²) in [4.78, 5) is 31.7. The zero-order valence-corrected chi connectivity index (χ0v) is 21.0. The normalized spacial score (nSPS) is 12.1. The van der Waals surface area contributed by atoms with Crippen LogP contribution in [0.4, 0.5) is 23.2 Å². The van der Waals surface area contributed by atoms with Gasteiger partial charge in [0.1, 0.15) is 5.82 Å². The summed E-state index contributed by atoms with van der Waals surface area (Å²) in [7, 11) is 0. The third-order valence-corrected chi connectivity index (χ3v) is 6.32. The van der Waals surface area contributed by atoms with Gasteiger partial charge in [0.2, 0.25) is 0 Å². The van der Waals surface area contributed by atoms with Gasteiger partial charge in [-0.1, -0.05) is 24.3 Å². The van der Waals surface area contributed by atoms with Gasteiger partial charge in [-0.3, -0.25) is 9.59 Å². The Morgan fingerprint density at radius 3 is 2.30 bits per heavy atom. The lowest BCUT2D eigenvalue weighted by atomic mass is 9.98. The van der Waals surface area contributed by atoms with Crippen molar-refractivity contribution in [1.29, 1.82) is 0 Å². The molecule has 40 heavy (non-hydrogen) atoms. The SMILES string of the molecule is [C-]#[N+]c1ccc([C@@H](NC(=O)c2ccc3nc(-c4ccc(F)cc4)c(CCCCC(=O)O)cc3c2)C(F)(F)F)cc1. The van der Waals surface area contributed by atoms with Gasteiger partial charge in [-0.15, -0.1) is 0 Å². The fourth-order valence-corrected chi connectivity index (χ4v) is 4.31. The number of halogens is 4. The summed E-state index contributed by atoms with van der Waals surface area (Å²) < 4.78 is 55.1. The van der Waals surface area contributed by atoms with E-state index in [0.29, 0.717) is 41.4 Å². The number of amides is 1. The first-order chi connectivity index (χ1) is 19.0. The van der Waals surface area contributed by atoms with Gasteiger partial charge in [0.05, 0.1) is 17.8 Å². The average molecular weight is 550 g/mol. The summed E-state index contributed by atoms with van der Waals surface area (Å²) >= 11 is 0. The quantitative estimate of drug-likeness (QED) is 0.129. The molecule has 1 atom stereocenters. The number of nitrogens with one attached hydrogen (secondary N) is 1. The maximum Gasteiger partial charge on any atom is 0.412 e. The van der Waals surface area contributed by atoms with Gasteiger partial charge in [0.15, 0.2) is 11.7 Å². The van der Waals surface area contributed by atoms with E-state index in [1.807, 2.05) is 5.32 Å². The Morgan fingerprint density at radius 1 is 0.975 bits per heavy atom. The van der Waals surface area contributed by atoms with Crippen molar-refractivity contribution < 1.29 is 32.3 Å². The number of pyridine rings is 1. The minimum atomic E-state index is -4.78. The van der Waals surface area contributed by atoms with Gasteiger partial charge in [0, 0.05) is 22.9 Å². The number of fused-ring (bicyclic) bond motifs is 1. The van der Waals surface area contributed by atoms with Crippen molar-refractivity contribution in [2.45, 2.75) is 37.9 Å². The van der Waals surface area contributed by atoms with Crippen molar-refractivity contribution in [3.8, 4) is 11.3 Å². The highest BCUT2D eigenvalue weighted by Crippen LogP contribution is 2.34. The maximum absolute atomic E-state index is 13.9. The number of hydrogen-bond acceptors (Lipinski definition) is 3. The summed E-state index contributed by atoms with van der Waals surface area (Å²) in [6.07, 6.45) is -3.36. The summed E-state index contributed by atoms with van der Waals surface area (Å²) in [6.45, 7) is 6.97. The fraction of sp³-hybridized carbons (Fsp3) is 0.200. The number of hydrogen-bond donors (Lipinski definition) is 2. The van der Waals surface area contributed by atoms with E-state index >= 15 is 0 Å². The minimum absolute atomic E-state index is 0.00180. The Bertz CT molecular complexity index is 1580. The molecule has 0 saturated heterocycles. The number of aliphatic carboxylic acids is 1. The number of carbonyl (C=O) groups is 2. The Kier molecular flexibility index (Phi) is 8.43. The lowest BCUT2D eigenvalue weighted by Crippen LogP contribution is -2.38. The highest BCUT2D eigenvalue weighted by Gasteiger charge is 2.42. The molecular formula is C30H23F4N3O3. The Balaban J connectivity index is 1.66. The van der Waals surface area contributed by atoms with Crippen molar-refractivity contribution in [2.24, 2.45) is 0 Å². The van der Waals surface area contributed by atoms with Crippen molar-refractivity contribution in [3.05, 3.63) is 107 Å². The van der Waals surface area contributed by atoms with Crippen LogP contribution >= 0.6 is 0 Å². The molecule has 0 spiro atoms. The van der Waals surface area contributed by atoms with Gasteiger partial charge in [0.25, 0.3) is 5.91 Å². The third-order valence-electron chi connectivity index (χ3n) is 6.32. The van der Waals surface area contributed by atoms with E-state index in [1.54, 1.807) is 18.2 Å². The second-order valence-electron chi connectivity index (χ2n) is 9.16. The fourth-order valence-electron chi connectivity index (χ4n) is 4.31. The lowest BCUT2D eigenvalue weighted by Gasteiger charge is -2.22. The molecule has 4 aromatic rings. The molecule has 0 unspecified atom stereocenters. The number of rotatable bonds is 9. The molecular weight excluding hydrogens is 526 g/mol. The Hall–Kier alpha value is -4.78. The highest BCUT2D eigenvalue weighted by molar-refractivity contribution is 5.98. The van der Waals surface area contributed by atoms with Crippen molar-refractivity contribution in [3.63, 3.8) is 0 Å². The molecule has 0 saturated carbocycles. The third kappa shape index (κ3) is 6.80. The number of carboxylic acid groups (broad SMARTS) is 1. The molecule has 1 aromatic heterocycles. The first-order valence-corrected chi connectivity index (χ1v) is 12.3. The van der Waals surface area contributed by atoms with Crippen LogP contribution in [0.25, 0.3) is 27.0 Å². The van der Waals surface area contributed by atoms with Crippen LogP contribution in [0.1, 0.15) is 46.8 Å². The molecule has 1 heterocycles. The van der Waals surface area contributed by atoms with E-state index in [2.05, 4.69) is 9.83 Å². The minimum Gasteiger partial charge on any atom is -0.481 e. The van der Waals surface area contributed by atoms with Crippen LogP contribution in [0, 0.1) is 12.4 Å². The molecule has 0 fully saturated rings. The second-order valence-corrected chi connectivity index (χ2v) is 9.16. The van der Waals surface area contributed by atoms with Crippen LogP contribution in [0.5, 0.6) is 0 Å². The molecule has 3 aromatic carbocycles. The zero-order valence-electron chi connectivity index (χ0n) is 21.0. The molecule has 2 N–H and O–H groups in total.